The van der Waals surface area contributed by atoms with Crippen molar-refractivity contribution in [1.82, 2.24) is 15.0 Å². The molecular formula is C48H46N8Pt. The Balaban J connectivity index is 0.000000311. The van der Waals surface area contributed by atoms with E-state index in [4.69, 9.17) is 13.5 Å². The van der Waals surface area contributed by atoms with Crippen LogP contribution in [0.5, 0.6) is 0 Å². The summed E-state index contributed by atoms with van der Waals surface area (Å²) in [4.78, 5) is 19.6. The van der Waals surface area contributed by atoms with E-state index >= 15 is 0 Å². The molecule has 0 radical (unpaired) electrons. The molecule has 0 unspecified atom stereocenters. The predicted molar refractivity (Wildman–Crippen MR) is 231 cm³/mol. The van der Waals surface area contributed by atoms with Crippen LogP contribution in [0.3, 0.4) is 0 Å². The van der Waals surface area contributed by atoms with Gasteiger partial charge in [-0.15, -0.1) is 46.2 Å². The van der Waals surface area contributed by atoms with E-state index in [1.54, 1.807) is 52.5 Å². The fourth-order valence-electron chi connectivity index (χ4n) is 7.42. The average molecular weight is 936 g/mol. The molecule has 0 bridgehead atoms. The molecule has 2 aliphatic heterocycles. The van der Waals surface area contributed by atoms with E-state index in [1.807, 2.05) is 48.5 Å². The van der Waals surface area contributed by atoms with Crippen molar-refractivity contribution in [3.05, 3.63) is 145 Å². The molecule has 288 valence electrons. The van der Waals surface area contributed by atoms with Crippen LogP contribution in [-0.4, -0.2) is 23.9 Å². The van der Waals surface area contributed by atoms with Crippen LogP contribution in [0.1, 0.15) is 89.8 Å². The minimum absolute atomic E-state index is 0. The Morgan fingerprint density at radius 1 is 0.684 bits per heavy atom. The quantitative estimate of drug-likeness (QED) is 0.153. The Morgan fingerprint density at radius 3 is 1.77 bits per heavy atom. The van der Waals surface area contributed by atoms with Gasteiger partial charge in [-0.1, -0.05) is 84.0 Å². The minimum Gasteiger partial charge on any atom is -0.657 e. The topological polar surface area (TPSA) is 76.6 Å². The Bertz CT molecular complexity index is 2730. The molecule has 7 aromatic rings. The molecule has 4 aromatic carbocycles. The normalized spacial score (nSPS) is 15.3. The van der Waals surface area contributed by atoms with Crippen molar-refractivity contribution in [3.63, 3.8) is 0 Å². The average Bonchev–Trinajstić information content (AvgIpc) is 3.95. The Hall–Kier alpha value is -5.64. The van der Waals surface area contributed by atoms with Gasteiger partial charge in [0.2, 0.25) is 0 Å². The van der Waals surface area contributed by atoms with Crippen LogP contribution in [0.4, 0.5) is 34.4 Å². The number of rotatable bonds is 6. The van der Waals surface area contributed by atoms with Crippen molar-refractivity contribution in [2.75, 3.05) is 33.6 Å². The van der Waals surface area contributed by atoms with Crippen LogP contribution in [-0.2, 0) is 21.1 Å². The molecular weight excluding hydrogens is 884 g/mol. The molecule has 5 heterocycles. The van der Waals surface area contributed by atoms with Crippen LogP contribution in [0, 0.1) is 30.7 Å². The molecule has 9 rings (SSSR count). The zero-order valence-electron chi connectivity index (χ0n) is 38.6. The van der Waals surface area contributed by atoms with Gasteiger partial charge < -0.3 is 24.6 Å². The number of fused-ring (bicyclic) bond motifs is 5. The van der Waals surface area contributed by atoms with Gasteiger partial charge in [-0.05, 0) is 101 Å². The Labute approximate surface area is 359 Å². The van der Waals surface area contributed by atoms with Gasteiger partial charge in [0.1, 0.15) is 11.6 Å². The molecule has 0 saturated heterocycles. The number of benzene rings is 4. The summed E-state index contributed by atoms with van der Waals surface area (Å²) in [5.41, 5.74) is 10.3. The predicted octanol–water partition coefficient (Wildman–Crippen LogP) is 11.5. The second-order valence-corrected chi connectivity index (χ2v) is 15.1. The maximum atomic E-state index is 8.84. The molecule has 2 aliphatic rings. The summed E-state index contributed by atoms with van der Waals surface area (Å²) in [5, 5.41) is 11.0. The Kier molecular flexibility index (Phi) is 9.15. The van der Waals surface area contributed by atoms with Crippen LogP contribution in [0.25, 0.3) is 32.9 Å². The van der Waals surface area contributed by atoms with Gasteiger partial charge in [-0.2, -0.15) is 18.6 Å². The number of aromatic nitrogens is 3. The SMILES string of the molecule is N#Cc1ccc2[n-]c3ccccc3c2c1.[2H]C([2H])([2H])N1[CH-]N(c2[c-]c(N3[CH-]N(C([2H])([2H])[2H])c4cccnc43)cc(-c3c(C(C)C)cc(C(C)C)cc3C(C)C)c2)c2ncccc21.[Pt+4]. The molecule has 0 spiro atoms. The second kappa shape index (κ2) is 16.1. The van der Waals surface area contributed by atoms with E-state index in [9.17, 15) is 0 Å². The number of para-hydroxylation sites is 1. The summed E-state index contributed by atoms with van der Waals surface area (Å²) >= 11 is 0. The van der Waals surface area contributed by atoms with Gasteiger partial charge >= 0.3 is 21.1 Å². The number of hydrogen-bond acceptors (Lipinski definition) is 7. The van der Waals surface area contributed by atoms with Crippen LogP contribution in [0.2, 0.25) is 0 Å². The van der Waals surface area contributed by atoms with E-state index in [2.05, 4.69) is 80.8 Å². The third kappa shape index (κ3) is 7.38. The number of anilines is 6. The standard InChI is InChI=1S/C35H39N6.C13H7N2.Pt/c1-22(2)25-17-29(23(3)4)33(30(18-25)24(5)6)26-15-27(40-20-38(7)31-11-9-13-36-34(31)40)19-28(16-26)41-21-39(8)32-12-10-14-37-35(32)41;14-8-9-5-6-13-11(7-9)10-3-1-2-4-12(10)15-13;/h9-18,20-24H,1-8H3;1-7H;/q-3;-1;+4/i7D3,8D3;;. The molecule has 0 amide bonds. The monoisotopic (exact) mass is 935 g/mol. The van der Waals surface area contributed by atoms with Crippen molar-refractivity contribution in [2.24, 2.45) is 0 Å². The van der Waals surface area contributed by atoms with Gasteiger partial charge in [-0.25, -0.2) is 9.97 Å². The van der Waals surface area contributed by atoms with E-state index in [1.165, 1.54) is 39.8 Å². The van der Waals surface area contributed by atoms with Gasteiger partial charge in [-0.3, -0.25) is 0 Å². The van der Waals surface area contributed by atoms with E-state index in [-0.39, 0.29) is 32.9 Å². The first-order valence-corrected chi connectivity index (χ1v) is 18.8. The van der Waals surface area contributed by atoms with Crippen LogP contribution in [0.15, 0.2) is 103 Å². The fourth-order valence-corrected chi connectivity index (χ4v) is 7.42. The van der Waals surface area contributed by atoms with Crippen molar-refractivity contribution in [1.29, 1.82) is 5.26 Å². The largest absolute Gasteiger partial charge is 4.00 e. The van der Waals surface area contributed by atoms with E-state index in [0.717, 1.165) is 32.9 Å². The first kappa shape index (κ1) is 32.4. The second-order valence-electron chi connectivity index (χ2n) is 15.1. The van der Waals surface area contributed by atoms with Crippen molar-refractivity contribution in [2.45, 2.75) is 59.3 Å². The molecule has 3 aromatic heterocycles. The maximum absolute atomic E-state index is 8.84. The van der Waals surface area contributed by atoms with E-state index < -0.39 is 14.0 Å². The Morgan fingerprint density at radius 2 is 1.25 bits per heavy atom. The third-order valence-corrected chi connectivity index (χ3v) is 10.3. The molecule has 0 N–H and O–H groups in total. The third-order valence-electron chi connectivity index (χ3n) is 10.3. The number of nitriles is 1. The van der Waals surface area contributed by atoms with Gasteiger partial charge in [0.05, 0.1) is 11.6 Å². The van der Waals surface area contributed by atoms with Gasteiger partial charge in [0, 0.05) is 32.0 Å². The smallest absolute Gasteiger partial charge is 0.657 e. The summed E-state index contributed by atoms with van der Waals surface area (Å²) in [6.07, 6.45) is 3.27. The molecule has 0 fully saturated rings. The molecule has 0 saturated carbocycles. The molecule has 0 atom stereocenters. The van der Waals surface area contributed by atoms with Crippen molar-refractivity contribution >= 4 is 56.2 Å². The van der Waals surface area contributed by atoms with Gasteiger partial charge in [0.25, 0.3) is 0 Å². The first-order valence-electron chi connectivity index (χ1n) is 21.8. The van der Waals surface area contributed by atoms with Crippen molar-refractivity contribution < 1.29 is 29.3 Å². The first-order chi connectivity index (χ1) is 29.4. The summed E-state index contributed by atoms with van der Waals surface area (Å²) in [5.74, 6) is 1.67. The summed E-state index contributed by atoms with van der Waals surface area (Å²) < 4.78 is 49.3. The molecule has 57 heavy (non-hydrogen) atoms. The molecule has 0 aliphatic carbocycles. The van der Waals surface area contributed by atoms with E-state index in [0.29, 0.717) is 45.9 Å². The summed E-state index contributed by atoms with van der Waals surface area (Å²) in [6, 6.07) is 34.7. The number of hydrogen-bond donors (Lipinski definition) is 0. The zero-order chi connectivity index (χ0) is 44.2. The fraction of sp³-hybridized carbons (Fsp3) is 0.229. The minimum atomic E-state index is -2.44. The summed E-state index contributed by atoms with van der Waals surface area (Å²) in [6.45, 7) is 11.3. The summed E-state index contributed by atoms with van der Waals surface area (Å²) in [7, 11) is 0. The molecule has 8 nitrogen and oxygen atoms in total. The van der Waals surface area contributed by atoms with Gasteiger partial charge in [0.15, 0.2) is 0 Å². The maximum Gasteiger partial charge on any atom is 4.00 e. The zero-order valence-corrected chi connectivity index (χ0v) is 34.9. The number of pyridine rings is 2. The molecule has 9 heteroatoms. The number of nitrogens with zero attached hydrogens (tertiary/aromatic N) is 8. The van der Waals surface area contributed by atoms with Crippen molar-refractivity contribution in [3.8, 4) is 17.2 Å². The van der Waals surface area contributed by atoms with Crippen LogP contribution < -0.4 is 24.6 Å². The van der Waals surface area contributed by atoms with Crippen LogP contribution >= 0.6 is 0 Å².